The zero-order valence-electron chi connectivity index (χ0n) is 16.2. The largest absolute Gasteiger partial charge is 0.478 e. The van der Waals surface area contributed by atoms with Crippen LogP contribution in [0.15, 0.2) is 72.8 Å². The molecular weight excluding hydrogens is 348 g/mol. The van der Waals surface area contributed by atoms with Gasteiger partial charge in [-0.2, -0.15) is 0 Å². The number of Topliss-reactive ketones (excluding diaryl/α,β-unsaturated/α-hetero) is 1. The van der Waals surface area contributed by atoms with Gasteiger partial charge in [-0.15, -0.1) is 0 Å². The number of ketones is 1. The molecule has 4 aromatic rings. The second-order valence-electron chi connectivity index (χ2n) is 6.99. The maximum absolute atomic E-state index is 11.2. The quantitative estimate of drug-likeness (QED) is 0.428. The Kier molecular flexibility index (Phi) is 5.55. The third-order valence-electron chi connectivity index (χ3n) is 4.64. The first-order chi connectivity index (χ1) is 13.3. The molecule has 0 amide bonds. The SMILES string of the molecule is CC(=O)c1ccc2cc(C)ccc2c1.Cc1ccc2cc(C(=O)O)ccc2c1. The van der Waals surface area contributed by atoms with Crippen molar-refractivity contribution in [3.8, 4) is 0 Å². The lowest BCUT2D eigenvalue weighted by atomic mass is 10.0. The van der Waals surface area contributed by atoms with Crippen molar-refractivity contribution in [1.82, 2.24) is 0 Å². The van der Waals surface area contributed by atoms with E-state index in [1.807, 2.05) is 49.4 Å². The summed E-state index contributed by atoms with van der Waals surface area (Å²) in [6.45, 7) is 5.68. The van der Waals surface area contributed by atoms with Crippen LogP contribution in [0.25, 0.3) is 21.5 Å². The van der Waals surface area contributed by atoms with E-state index in [-0.39, 0.29) is 5.78 Å². The van der Waals surface area contributed by atoms with Crippen LogP contribution in [0.5, 0.6) is 0 Å². The molecule has 0 aliphatic heterocycles. The van der Waals surface area contributed by atoms with Gasteiger partial charge >= 0.3 is 5.97 Å². The van der Waals surface area contributed by atoms with E-state index in [2.05, 4.69) is 25.1 Å². The smallest absolute Gasteiger partial charge is 0.335 e. The molecule has 0 fully saturated rings. The summed E-state index contributed by atoms with van der Waals surface area (Å²) in [4.78, 5) is 21.9. The van der Waals surface area contributed by atoms with Crippen LogP contribution in [0.3, 0.4) is 0 Å². The lowest BCUT2D eigenvalue weighted by Crippen LogP contribution is -1.95. The lowest BCUT2D eigenvalue weighted by Gasteiger charge is -2.01. The number of rotatable bonds is 2. The van der Waals surface area contributed by atoms with Gasteiger partial charge in [-0.05, 0) is 60.5 Å². The summed E-state index contributed by atoms with van der Waals surface area (Å²) in [5.41, 5.74) is 3.54. The standard InChI is InChI=1S/C13H12O.C12H10O2/c1-9-3-4-13-8-11(10(2)14)5-6-12(13)7-9;1-8-2-3-10-7-11(12(13)14)5-4-9(10)6-8/h3-8H,1-2H3;2-7H,1H3,(H,13,14). The molecule has 1 N–H and O–H groups in total. The zero-order valence-corrected chi connectivity index (χ0v) is 16.2. The van der Waals surface area contributed by atoms with Gasteiger partial charge in [-0.25, -0.2) is 4.79 Å². The number of hydrogen-bond acceptors (Lipinski definition) is 2. The highest BCUT2D eigenvalue weighted by Crippen LogP contribution is 2.18. The Bertz CT molecular complexity index is 1090. The van der Waals surface area contributed by atoms with E-state index < -0.39 is 5.97 Å². The molecule has 3 heteroatoms. The number of hydrogen-bond donors (Lipinski definition) is 1. The summed E-state index contributed by atoms with van der Waals surface area (Å²) in [5.74, 6) is -0.764. The molecule has 4 aromatic carbocycles. The number of carbonyl (C=O) groups is 2. The topological polar surface area (TPSA) is 54.4 Å². The molecule has 0 aliphatic carbocycles. The Morgan fingerprint density at radius 1 is 0.607 bits per heavy atom. The Morgan fingerprint density at radius 2 is 1.00 bits per heavy atom. The molecule has 4 rings (SSSR count). The molecule has 28 heavy (non-hydrogen) atoms. The van der Waals surface area contributed by atoms with Crippen molar-refractivity contribution in [2.45, 2.75) is 20.8 Å². The molecule has 0 atom stereocenters. The average molecular weight is 370 g/mol. The highest BCUT2D eigenvalue weighted by molar-refractivity contribution is 5.98. The molecule has 0 radical (unpaired) electrons. The van der Waals surface area contributed by atoms with Crippen LogP contribution in [-0.2, 0) is 0 Å². The Balaban J connectivity index is 0.000000161. The van der Waals surface area contributed by atoms with Crippen LogP contribution < -0.4 is 0 Å². The van der Waals surface area contributed by atoms with E-state index in [1.54, 1.807) is 19.1 Å². The molecule has 0 unspecified atom stereocenters. The summed E-state index contributed by atoms with van der Waals surface area (Å²) in [6, 6.07) is 23.2. The fourth-order valence-electron chi connectivity index (χ4n) is 3.08. The summed E-state index contributed by atoms with van der Waals surface area (Å²) in [5, 5.41) is 13.2. The second-order valence-corrected chi connectivity index (χ2v) is 6.99. The van der Waals surface area contributed by atoms with Gasteiger partial charge in [0.1, 0.15) is 0 Å². The first kappa shape index (κ1) is 19.3. The van der Waals surface area contributed by atoms with Crippen LogP contribution in [-0.4, -0.2) is 16.9 Å². The molecule has 0 saturated heterocycles. The minimum Gasteiger partial charge on any atom is -0.478 e. The third-order valence-corrected chi connectivity index (χ3v) is 4.64. The number of aryl methyl sites for hydroxylation is 2. The van der Waals surface area contributed by atoms with Gasteiger partial charge in [0, 0.05) is 5.56 Å². The average Bonchev–Trinajstić information content (AvgIpc) is 2.67. The van der Waals surface area contributed by atoms with Crippen molar-refractivity contribution in [1.29, 1.82) is 0 Å². The van der Waals surface area contributed by atoms with Crippen LogP contribution in [0.1, 0.15) is 38.8 Å². The number of carboxylic acids is 1. The highest BCUT2D eigenvalue weighted by Gasteiger charge is 2.03. The summed E-state index contributed by atoms with van der Waals surface area (Å²) >= 11 is 0. The van der Waals surface area contributed by atoms with Crippen LogP contribution in [0.4, 0.5) is 0 Å². The Hall–Kier alpha value is -3.46. The number of carbonyl (C=O) groups excluding carboxylic acids is 1. The van der Waals surface area contributed by atoms with Gasteiger partial charge < -0.3 is 5.11 Å². The summed E-state index contributed by atoms with van der Waals surface area (Å²) in [7, 11) is 0. The van der Waals surface area contributed by atoms with Gasteiger partial charge in [0.2, 0.25) is 0 Å². The summed E-state index contributed by atoms with van der Waals surface area (Å²) in [6.07, 6.45) is 0. The molecule has 140 valence electrons. The predicted molar refractivity (Wildman–Crippen MR) is 114 cm³/mol. The maximum Gasteiger partial charge on any atom is 0.335 e. The molecule has 0 spiro atoms. The van der Waals surface area contributed by atoms with Crippen molar-refractivity contribution in [3.63, 3.8) is 0 Å². The number of carboxylic acid groups (broad SMARTS) is 1. The van der Waals surface area contributed by atoms with Crippen LogP contribution >= 0.6 is 0 Å². The monoisotopic (exact) mass is 370 g/mol. The molecule has 0 bridgehead atoms. The normalized spacial score (nSPS) is 10.4. The number of aromatic carboxylic acids is 1. The van der Waals surface area contributed by atoms with Gasteiger partial charge in [-0.3, -0.25) is 4.79 Å². The second kappa shape index (κ2) is 8.05. The highest BCUT2D eigenvalue weighted by atomic mass is 16.4. The van der Waals surface area contributed by atoms with Crippen molar-refractivity contribution in [2.75, 3.05) is 0 Å². The third kappa shape index (κ3) is 4.44. The van der Waals surface area contributed by atoms with E-state index in [0.29, 0.717) is 5.56 Å². The van der Waals surface area contributed by atoms with Crippen LogP contribution in [0.2, 0.25) is 0 Å². The van der Waals surface area contributed by atoms with E-state index >= 15 is 0 Å². The van der Waals surface area contributed by atoms with Gasteiger partial charge in [0.05, 0.1) is 5.56 Å². The first-order valence-electron chi connectivity index (χ1n) is 9.08. The fraction of sp³-hybridized carbons (Fsp3) is 0.120. The number of benzene rings is 4. The van der Waals surface area contributed by atoms with E-state index in [9.17, 15) is 9.59 Å². The first-order valence-corrected chi connectivity index (χ1v) is 9.08. The zero-order chi connectivity index (χ0) is 20.3. The Morgan fingerprint density at radius 3 is 1.46 bits per heavy atom. The van der Waals surface area contributed by atoms with Crippen molar-refractivity contribution in [2.24, 2.45) is 0 Å². The fourth-order valence-corrected chi connectivity index (χ4v) is 3.08. The molecule has 0 aromatic heterocycles. The molecular formula is C25H22O3. The van der Waals surface area contributed by atoms with Gasteiger partial charge in [0.15, 0.2) is 5.78 Å². The van der Waals surface area contributed by atoms with Crippen molar-refractivity contribution >= 4 is 33.3 Å². The summed E-state index contributed by atoms with van der Waals surface area (Å²) < 4.78 is 0. The van der Waals surface area contributed by atoms with Crippen LogP contribution in [0, 0.1) is 13.8 Å². The lowest BCUT2D eigenvalue weighted by molar-refractivity contribution is 0.0697. The van der Waals surface area contributed by atoms with Gasteiger partial charge in [-0.1, -0.05) is 65.7 Å². The van der Waals surface area contributed by atoms with E-state index in [4.69, 9.17) is 5.11 Å². The van der Waals surface area contributed by atoms with E-state index in [1.165, 1.54) is 16.5 Å². The van der Waals surface area contributed by atoms with Crippen molar-refractivity contribution in [3.05, 3.63) is 95.1 Å². The molecule has 0 heterocycles. The molecule has 3 nitrogen and oxygen atoms in total. The van der Waals surface area contributed by atoms with E-state index in [0.717, 1.165) is 21.7 Å². The minimum atomic E-state index is -0.882. The number of fused-ring (bicyclic) bond motifs is 2. The molecule has 0 aliphatic rings. The van der Waals surface area contributed by atoms with Gasteiger partial charge in [0.25, 0.3) is 0 Å². The molecule has 0 saturated carbocycles. The predicted octanol–water partition coefficient (Wildman–Crippen LogP) is 6.20. The maximum atomic E-state index is 11.2. The Labute approximate surface area is 164 Å². The van der Waals surface area contributed by atoms with Crippen molar-refractivity contribution < 1.29 is 14.7 Å². The minimum absolute atomic E-state index is 0.118.